The van der Waals surface area contributed by atoms with Gasteiger partial charge in [0.15, 0.2) is 5.82 Å². The number of hydrogen-bond donors (Lipinski definition) is 1. The van der Waals surface area contributed by atoms with Crippen LogP contribution in [0.1, 0.15) is 11.4 Å². The van der Waals surface area contributed by atoms with Crippen molar-refractivity contribution in [2.75, 3.05) is 20.0 Å². The second-order valence-corrected chi connectivity index (χ2v) is 4.17. The molecule has 0 atom stereocenters. The summed E-state index contributed by atoms with van der Waals surface area (Å²) >= 11 is 0. The van der Waals surface area contributed by atoms with E-state index in [4.69, 9.17) is 15.2 Å². The molecule has 2 N–H and O–H groups in total. The molecule has 0 aliphatic rings. The number of rotatable bonds is 4. The van der Waals surface area contributed by atoms with Crippen LogP contribution < -0.4 is 10.5 Å². The first-order valence-corrected chi connectivity index (χ1v) is 5.74. The predicted molar refractivity (Wildman–Crippen MR) is 69.9 cm³/mol. The first-order valence-electron chi connectivity index (χ1n) is 5.74. The predicted octanol–water partition coefficient (Wildman–Crippen LogP) is 2.06. The first kappa shape index (κ1) is 13.4. The summed E-state index contributed by atoms with van der Waals surface area (Å²) in [6.07, 6.45) is 0. The molecule has 5 nitrogen and oxygen atoms in total. The van der Waals surface area contributed by atoms with Crippen LogP contribution in [0.4, 0.5) is 10.1 Å². The standard InChI is InChI=1S/C13H16FN3O2/c1-8-4-9(7-18-2)17(16-8)12-6-13(19-3)11(15)5-10(12)14/h4-6H,7,15H2,1-3H3. The maximum atomic E-state index is 14.0. The molecule has 0 spiro atoms. The second-order valence-electron chi connectivity index (χ2n) is 4.17. The quantitative estimate of drug-likeness (QED) is 0.859. The van der Waals surface area contributed by atoms with Crippen LogP contribution in [0.25, 0.3) is 5.69 Å². The van der Waals surface area contributed by atoms with Crippen LogP contribution in [0.5, 0.6) is 5.75 Å². The fourth-order valence-electron chi connectivity index (χ4n) is 1.91. The van der Waals surface area contributed by atoms with Gasteiger partial charge >= 0.3 is 0 Å². The average molecular weight is 265 g/mol. The maximum absolute atomic E-state index is 14.0. The summed E-state index contributed by atoms with van der Waals surface area (Å²) < 4.78 is 25.7. The molecular formula is C13H16FN3O2. The van der Waals surface area contributed by atoms with Crippen molar-refractivity contribution < 1.29 is 13.9 Å². The Balaban J connectivity index is 2.57. The molecule has 0 unspecified atom stereocenters. The molecule has 0 saturated heterocycles. The molecular weight excluding hydrogens is 249 g/mol. The Labute approximate surface area is 110 Å². The van der Waals surface area contributed by atoms with Crippen molar-refractivity contribution in [1.29, 1.82) is 0 Å². The number of benzene rings is 1. The summed E-state index contributed by atoms with van der Waals surface area (Å²) in [6.45, 7) is 2.18. The van der Waals surface area contributed by atoms with Gasteiger partial charge in [-0.25, -0.2) is 9.07 Å². The van der Waals surface area contributed by atoms with E-state index in [1.165, 1.54) is 23.9 Å². The molecule has 0 fully saturated rings. The van der Waals surface area contributed by atoms with Crippen molar-refractivity contribution in [2.24, 2.45) is 0 Å². The minimum absolute atomic E-state index is 0.251. The number of halogens is 1. The Bertz CT molecular complexity index is 596. The Morgan fingerprint density at radius 3 is 2.68 bits per heavy atom. The van der Waals surface area contributed by atoms with Gasteiger partial charge in [-0.2, -0.15) is 5.10 Å². The van der Waals surface area contributed by atoms with Gasteiger partial charge in [-0.15, -0.1) is 0 Å². The van der Waals surface area contributed by atoms with E-state index in [2.05, 4.69) is 5.10 Å². The van der Waals surface area contributed by atoms with Gasteiger partial charge in [0.25, 0.3) is 0 Å². The van der Waals surface area contributed by atoms with E-state index in [1.807, 2.05) is 13.0 Å². The summed E-state index contributed by atoms with van der Waals surface area (Å²) in [6, 6.07) is 4.59. The zero-order valence-corrected chi connectivity index (χ0v) is 11.1. The van der Waals surface area contributed by atoms with Crippen LogP contribution in [-0.4, -0.2) is 24.0 Å². The van der Waals surface area contributed by atoms with Crippen LogP contribution in [0.2, 0.25) is 0 Å². The summed E-state index contributed by atoms with van der Waals surface area (Å²) in [4.78, 5) is 0. The van der Waals surface area contributed by atoms with Crippen molar-refractivity contribution in [2.45, 2.75) is 13.5 Å². The third-order valence-corrected chi connectivity index (χ3v) is 2.72. The highest BCUT2D eigenvalue weighted by atomic mass is 19.1. The third-order valence-electron chi connectivity index (χ3n) is 2.72. The molecule has 0 amide bonds. The van der Waals surface area contributed by atoms with Crippen LogP contribution in [0.3, 0.4) is 0 Å². The molecule has 1 heterocycles. The zero-order valence-electron chi connectivity index (χ0n) is 11.1. The van der Waals surface area contributed by atoms with Gasteiger partial charge in [0.05, 0.1) is 30.8 Å². The number of nitrogens with two attached hydrogens (primary N) is 1. The minimum Gasteiger partial charge on any atom is -0.495 e. The molecule has 6 heteroatoms. The average Bonchev–Trinajstić information content (AvgIpc) is 2.71. The van der Waals surface area contributed by atoms with E-state index in [0.29, 0.717) is 12.4 Å². The molecule has 0 bridgehead atoms. The summed E-state index contributed by atoms with van der Waals surface area (Å²) in [5.41, 5.74) is 7.73. The van der Waals surface area contributed by atoms with E-state index in [-0.39, 0.29) is 11.4 Å². The molecule has 2 rings (SSSR count). The molecule has 19 heavy (non-hydrogen) atoms. The van der Waals surface area contributed by atoms with Gasteiger partial charge < -0.3 is 15.2 Å². The van der Waals surface area contributed by atoms with E-state index >= 15 is 0 Å². The number of aryl methyl sites for hydroxylation is 1. The number of aromatic nitrogens is 2. The van der Waals surface area contributed by atoms with E-state index < -0.39 is 5.82 Å². The molecule has 0 aliphatic carbocycles. The van der Waals surface area contributed by atoms with Crippen LogP contribution in [0, 0.1) is 12.7 Å². The number of nitrogen functional groups attached to an aromatic ring is 1. The molecule has 102 valence electrons. The normalized spacial score (nSPS) is 10.7. The molecule has 0 saturated carbocycles. The molecule has 1 aromatic heterocycles. The van der Waals surface area contributed by atoms with E-state index in [9.17, 15) is 4.39 Å². The molecule has 2 aromatic rings. The van der Waals surface area contributed by atoms with Crippen LogP contribution >= 0.6 is 0 Å². The maximum Gasteiger partial charge on any atom is 0.151 e. The monoisotopic (exact) mass is 265 g/mol. The highest BCUT2D eigenvalue weighted by Crippen LogP contribution is 2.28. The van der Waals surface area contributed by atoms with Crippen molar-refractivity contribution in [3.05, 3.63) is 35.4 Å². The van der Waals surface area contributed by atoms with Crippen molar-refractivity contribution in [3.63, 3.8) is 0 Å². The molecule has 1 aromatic carbocycles. The summed E-state index contributed by atoms with van der Waals surface area (Å²) in [5.74, 6) is -0.0494. The minimum atomic E-state index is -0.459. The van der Waals surface area contributed by atoms with Crippen LogP contribution in [-0.2, 0) is 11.3 Å². The fourth-order valence-corrected chi connectivity index (χ4v) is 1.91. The Morgan fingerprint density at radius 1 is 1.32 bits per heavy atom. The van der Waals surface area contributed by atoms with E-state index in [0.717, 1.165) is 11.4 Å². The smallest absolute Gasteiger partial charge is 0.151 e. The first-order chi connectivity index (χ1) is 9.06. The lowest BCUT2D eigenvalue weighted by atomic mass is 10.2. The number of nitrogens with zero attached hydrogens (tertiary/aromatic N) is 2. The Kier molecular flexibility index (Phi) is 3.71. The summed E-state index contributed by atoms with van der Waals surface area (Å²) in [7, 11) is 3.06. The number of anilines is 1. The van der Waals surface area contributed by atoms with Gasteiger partial charge in [0.1, 0.15) is 11.4 Å². The largest absolute Gasteiger partial charge is 0.495 e. The Hall–Kier alpha value is -2.08. The number of hydrogen-bond acceptors (Lipinski definition) is 4. The fraction of sp³-hybridized carbons (Fsp3) is 0.308. The molecule has 0 radical (unpaired) electrons. The van der Waals surface area contributed by atoms with Crippen molar-refractivity contribution >= 4 is 5.69 Å². The van der Waals surface area contributed by atoms with Crippen LogP contribution in [0.15, 0.2) is 18.2 Å². The summed E-state index contributed by atoms with van der Waals surface area (Å²) in [5, 5.41) is 4.27. The molecule has 0 aliphatic heterocycles. The number of methoxy groups -OCH3 is 2. The SMILES string of the molecule is COCc1cc(C)nn1-c1cc(OC)c(N)cc1F. The lowest BCUT2D eigenvalue weighted by molar-refractivity contribution is 0.179. The third kappa shape index (κ3) is 2.53. The number of ether oxygens (including phenoxy) is 2. The van der Waals surface area contributed by atoms with Gasteiger partial charge in [-0.3, -0.25) is 0 Å². The van der Waals surface area contributed by atoms with Gasteiger partial charge in [0.2, 0.25) is 0 Å². The van der Waals surface area contributed by atoms with E-state index in [1.54, 1.807) is 7.11 Å². The second kappa shape index (κ2) is 5.27. The highest BCUT2D eigenvalue weighted by Gasteiger charge is 2.14. The van der Waals surface area contributed by atoms with Gasteiger partial charge in [0, 0.05) is 19.2 Å². The van der Waals surface area contributed by atoms with Crippen molar-refractivity contribution in [1.82, 2.24) is 9.78 Å². The highest BCUT2D eigenvalue weighted by molar-refractivity contribution is 5.58. The van der Waals surface area contributed by atoms with Gasteiger partial charge in [-0.05, 0) is 13.0 Å². The van der Waals surface area contributed by atoms with Crippen molar-refractivity contribution in [3.8, 4) is 11.4 Å². The van der Waals surface area contributed by atoms with Gasteiger partial charge in [-0.1, -0.05) is 0 Å². The Morgan fingerprint density at radius 2 is 2.05 bits per heavy atom. The lowest BCUT2D eigenvalue weighted by Gasteiger charge is -2.11. The topological polar surface area (TPSA) is 62.3 Å². The zero-order chi connectivity index (χ0) is 14.0. The lowest BCUT2D eigenvalue weighted by Crippen LogP contribution is -2.07.